The largest absolute Gasteiger partial charge is 0.477 e. The van der Waals surface area contributed by atoms with Crippen LogP contribution in [0.3, 0.4) is 0 Å². The quantitative estimate of drug-likeness (QED) is 0.174. The van der Waals surface area contributed by atoms with Gasteiger partial charge in [0.25, 0.3) is 21.2 Å². The lowest BCUT2D eigenvalue weighted by atomic mass is 10.0. The topological polar surface area (TPSA) is 176 Å². The molecule has 0 radical (unpaired) electrons. The Labute approximate surface area is 207 Å². The Morgan fingerprint density at radius 3 is 2.76 bits per heavy atom. The fraction of sp³-hybridized carbons (Fsp3) is 0.333. The summed E-state index contributed by atoms with van der Waals surface area (Å²) in [7, 11) is -4.32. The molecule has 0 aliphatic carbocycles. The van der Waals surface area contributed by atoms with E-state index in [0.29, 0.717) is 22.7 Å². The van der Waals surface area contributed by atoms with Gasteiger partial charge in [-0.05, 0) is 23.3 Å². The molecule has 1 unspecified atom stereocenters. The number of aromatic nitrogens is 3. The summed E-state index contributed by atoms with van der Waals surface area (Å²) < 4.78 is 35.8. The van der Waals surface area contributed by atoms with E-state index in [2.05, 4.69) is 20.5 Å². The average Bonchev–Trinajstić information content (AvgIpc) is 3.21. The summed E-state index contributed by atoms with van der Waals surface area (Å²) >= 11 is 7.79. The van der Waals surface area contributed by atoms with Crippen LogP contribution in [0.4, 0.5) is 0 Å². The summed E-state index contributed by atoms with van der Waals surface area (Å²) in [5, 5.41) is 19.6. The first-order chi connectivity index (χ1) is 16.1. The molecule has 4 rings (SSSR count). The molecular weight excluding hydrogens is 526 g/mol. The van der Waals surface area contributed by atoms with Gasteiger partial charge in [-0.25, -0.2) is 4.79 Å². The van der Waals surface area contributed by atoms with Gasteiger partial charge in [0.15, 0.2) is 5.75 Å². The monoisotopic (exact) mass is 543 g/mol. The predicted octanol–water partition coefficient (Wildman–Crippen LogP) is 0.727. The number of aliphatic carboxylic acids is 1. The molecule has 1 saturated heterocycles. The zero-order chi connectivity index (χ0) is 24.5. The Morgan fingerprint density at radius 1 is 1.35 bits per heavy atom. The second-order valence-electron chi connectivity index (χ2n) is 7.22. The van der Waals surface area contributed by atoms with E-state index >= 15 is 0 Å². The first-order valence-corrected chi connectivity index (χ1v) is 13.7. The van der Waals surface area contributed by atoms with E-state index in [1.165, 1.54) is 16.7 Å². The summed E-state index contributed by atoms with van der Waals surface area (Å²) in [6.45, 7) is 0. The molecule has 0 spiro atoms. The fourth-order valence-electron chi connectivity index (χ4n) is 3.36. The number of amides is 1. The number of nitrogens with zero attached hydrogens (tertiary/aromatic N) is 4. The first-order valence-electron chi connectivity index (χ1n) is 9.61. The molecule has 2 atom stereocenters. The first kappa shape index (κ1) is 24.6. The van der Waals surface area contributed by atoms with Crippen molar-refractivity contribution < 1.29 is 32.1 Å². The fourth-order valence-corrected chi connectivity index (χ4v) is 6.35. The predicted molar refractivity (Wildman–Crippen MR) is 125 cm³/mol. The number of β-lactam (4-membered cyclic amide) rings is 1. The molecule has 3 N–H and O–H groups in total. The second kappa shape index (κ2) is 9.99. The minimum Gasteiger partial charge on any atom is -0.477 e. The van der Waals surface area contributed by atoms with Crippen LogP contribution in [-0.4, -0.2) is 77.9 Å². The maximum atomic E-state index is 12.8. The number of carboxylic acids is 1. The van der Waals surface area contributed by atoms with Gasteiger partial charge in [-0.3, -0.25) is 19.2 Å². The number of nitrogens with one attached hydrogen (secondary N) is 1. The maximum Gasteiger partial charge on any atom is 0.352 e. The number of carbonyl (C=O) groups is 2. The smallest absolute Gasteiger partial charge is 0.352 e. The second-order valence-corrected chi connectivity index (χ2v) is 11.2. The molecule has 16 heteroatoms. The molecule has 1 fully saturated rings. The average molecular weight is 544 g/mol. The number of hydrogen-bond acceptors (Lipinski definition) is 11. The number of thioether (sulfide) groups is 2. The number of rotatable bonds is 9. The van der Waals surface area contributed by atoms with Crippen molar-refractivity contribution >= 4 is 62.7 Å². The Kier molecular flexibility index (Phi) is 7.22. The Bertz CT molecular complexity index is 1260. The molecule has 0 aromatic carbocycles. The van der Waals surface area contributed by atoms with E-state index in [4.69, 9.17) is 21.2 Å². The molecule has 2 aliphatic rings. The molecule has 2 aromatic heterocycles. The van der Waals surface area contributed by atoms with Crippen LogP contribution in [0.2, 0.25) is 0 Å². The third-order valence-corrected chi connectivity index (χ3v) is 7.92. The molecule has 4 heterocycles. The van der Waals surface area contributed by atoms with Gasteiger partial charge in [0.1, 0.15) is 17.1 Å². The summed E-state index contributed by atoms with van der Waals surface area (Å²) in [4.78, 5) is 30.5. The van der Waals surface area contributed by atoms with E-state index in [1.54, 1.807) is 12.4 Å². The molecule has 180 valence electrons. The van der Waals surface area contributed by atoms with Gasteiger partial charge in [-0.2, -0.15) is 8.42 Å². The van der Waals surface area contributed by atoms with Crippen LogP contribution >= 0.6 is 35.7 Å². The zero-order valence-corrected chi connectivity index (χ0v) is 20.4. The van der Waals surface area contributed by atoms with Crippen LogP contribution < -0.4 is 5.32 Å². The van der Waals surface area contributed by atoms with Gasteiger partial charge in [-0.15, -0.1) is 22.0 Å². The van der Waals surface area contributed by atoms with Crippen molar-refractivity contribution in [3.63, 3.8) is 0 Å². The molecule has 2 aliphatic heterocycles. The summed E-state index contributed by atoms with van der Waals surface area (Å²) in [6, 6.07) is 3.02. The molecule has 0 bridgehead atoms. The van der Waals surface area contributed by atoms with Crippen LogP contribution in [0, 0.1) is 0 Å². The van der Waals surface area contributed by atoms with Gasteiger partial charge in [0.2, 0.25) is 5.89 Å². The van der Waals surface area contributed by atoms with Crippen molar-refractivity contribution in [2.75, 3.05) is 11.5 Å². The van der Waals surface area contributed by atoms with Crippen molar-refractivity contribution in [2.24, 2.45) is 0 Å². The van der Waals surface area contributed by atoms with E-state index in [-0.39, 0.29) is 28.5 Å². The van der Waals surface area contributed by atoms with E-state index in [1.807, 2.05) is 12.1 Å². The number of fused-ring (bicyclic) bond motifs is 1. The number of thiocarbonyl (C=S) groups is 1. The lowest BCUT2D eigenvalue weighted by Crippen LogP contribution is -2.70. The number of carboxylic acid groups (broad SMARTS) is 1. The lowest BCUT2D eigenvalue weighted by Gasteiger charge is -2.49. The normalized spacial score (nSPS) is 20.0. The third kappa shape index (κ3) is 5.57. The Balaban J connectivity index is 1.41. The highest BCUT2D eigenvalue weighted by molar-refractivity contribution is 8.01. The van der Waals surface area contributed by atoms with Crippen molar-refractivity contribution in [1.82, 2.24) is 25.4 Å². The van der Waals surface area contributed by atoms with Crippen LogP contribution in [0.15, 0.2) is 45.4 Å². The van der Waals surface area contributed by atoms with E-state index in [9.17, 15) is 23.1 Å². The van der Waals surface area contributed by atoms with Gasteiger partial charge in [-0.1, -0.05) is 24.0 Å². The third-order valence-electron chi connectivity index (χ3n) is 4.80. The van der Waals surface area contributed by atoms with Gasteiger partial charge in [0, 0.05) is 30.3 Å². The van der Waals surface area contributed by atoms with Gasteiger partial charge in [0.05, 0.1) is 4.99 Å². The highest BCUT2D eigenvalue weighted by atomic mass is 32.2. The van der Waals surface area contributed by atoms with Crippen molar-refractivity contribution in [3.8, 4) is 0 Å². The Morgan fingerprint density at radius 2 is 2.09 bits per heavy atom. The van der Waals surface area contributed by atoms with Crippen LogP contribution in [-0.2, 0) is 31.9 Å². The van der Waals surface area contributed by atoms with Crippen LogP contribution in [0.1, 0.15) is 11.5 Å². The maximum absolute atomic E-state index is 12.8. The number of carbonyl (C=O) groups excluding carboxylic acids is 1. The number of hydrogen-bond donors (Lipinski definition) is 3. The standard InChI is InChI=1S/C18H17N5O7S4/c24-15-13(20-12(31)5-9-1-3-19-4-2-9)16-23(15)14(17(25)26)10(6-32-16)7-33-18-22-21-11(30-18)8-34(27,28)29/h1-4,13,16H,5-8H2,(H,20,31)(H,25,26)(H,27,28,29)/t13?,16-/m0/s1. The SMILES string of the molecule is O=C(O)C1=C(CSc2nnc(CS(=O)(=O)O)o2)CS[C@H]2C(NC(=S)Cc3ccncc3)C(=O)N12. The lowest BCUT2D eigenvalue weighted by molar-refractivity contribution is -0.148. The summed E-state index contributed by atoms with van der Waals surface area (Å²) in [5.74, 6) is -2.24. The van der Waals surface area contributed by atoms with E-state index in [0.717, 1.165) is 17.3 Å². The highest BCUT2D eigenvalue weighted by Crippen LogP contribution is 2.41. The Hall–Kier alpha value is -2.53. The summed E-state index contributed by atoms with van der Waals surface area (Å²) in [6.07, 6.45) is 3.74. The van der Waals surface area contributed by atoms with Crippen molar-refractivity contribution in [3.05, 3.63) is 47.3 Å². The zero-order valence-electron chi connectivity index (χ0n) is 17.2. The van der Waals surface area contributed by atoms with Gasteiger partial charge >= 0.3 is 5.97 Å². The van der Waals surface area contributed by atoms with E-state index < -0.39 is 33.3 Å². The minimum atomic E-state index is -4.32. The van der Waals surface area contributed by atoms with Gasteiger partial charge < -0.3 is 14.8 Å². The minimum absolute atomic E-state index is 0.0129. The molecule has 0 saturated carbocycles. The summed E-state index contributed by atoms with van der Waals surface area (Å²) in [5.41, 5.74) is 1.33. The van der Waals surface area contributed by atoms with Crippen molar-refractivity contribution in [2.45, 2.75) is 28.8 Å². The van der Waals surface area contributed by atoms with Crippen LogP contribution in [0.25, 0.3) is 0 Å². The molecule has 12 nitrogen and oxygen atoms in total. The highest BCUT2D eigenvalue weighted by Gasteiger charge is 2.53. The molecule has 1 amide bonds. The molecule has 34 heavy (non-hydrogen) atoms. The van der Waals surface area contributed by atoms with Crippen LogP contribution in [0.5, 0.6) is 0 Å². The number of pyridine rings is 1. The van der Waals surface area contributed by atoms with Crippen molar-refractivity contribution in [1.29, 1.82) is 0 Å². The molecular formula is C18H17N5O7S4. The molecule has 2 aromatic rings.